The van der Waals surface area contributed by atoms with Crippen LogP contribution in [0.25, 0.3) is 21.6 Å². The molecule has 0 N–H and O–H groups in total. The Morgan fingerprint density at radius 2 is 1.77 bits per heavy atom. The smallest absolute Gasteiger partial charge is 0.231 e. The van der Waals surface area contributed by atoms with Gasteiger partial charge in [-0.25, -0.2) is 9.97 Å². The van der Waals surface area contributed by atoms with Crippen molar-refractivity contribution in [2.45, 2.75) is 10.8 Å². The number of rotatable bonds is 4. The Morgan fingerprint density at radius 3 is 2.62 bits per heavy atom. The SMILES string of the molecule is c1csc(-c2nc3ccccc3nc2SCc2ccc3c(c2)OCO3)c1. The number of hydrogen-bond acceptors (Lipinski definition) is 6. The molecule has 0 atom stereocenters. The highest BCUT2D eigenvalue weighted by Crippen LogP contribution is 2.37. The highest BCUT2D eigenvalue weighted by molar-refractivity contribution is 7.98. The molecule has 0 aliphatic carbocycles. The molecule has 1 aliphatic rings. The van der Waals surface area contributed by atoms with Gasteiger partial charge in [0.05, 0.1) is 15.9 Å². The second kappa shape index (κ2) is 6.63. The van der Waals surface area contributed by atoms with Crippen LogP contribution in [0.15, 0.2) is 65.0 Å². The molecule has 1 aliphatic heterocycles. The molecule has 2 aromatic heterocycles. The minimum Gasteiger partial charge on any atom is -0.454 e. The van der Waals surface area contributed by atoms with Gasteiger partial charge in [0, 0.05) is 5.75 Å². The average Bonchev–Trinajstić information content (AvgIpc) is 3.37. The van der Waals surface area contributed by atoms with E-state index in [9.17, 15) is 0 Å². The van der Waals surface area contributed by atoms with E-state index in [-0.39, 0.29) is 0 Å². The van der Waals surface area contributed by atoms with Gasteiger partial charge in [-0.3, -0.25) is 0 Å². The first-order valence-corrected chi connectivity index (χ1v) is 10.1. The molecule has 4 aromatic rings. The normalized spacial score (nSPS) is 12.6. The first kappa shape index (κ1) is 15.7. The molecule has 0 fully saturated rings. The molecule has 0 unspecified atom stereocenters. The molecular weight excluding hydrogens is 364 g/mol. The maximum Gasteiger partial charge on any atom is 0.231 e. The van der Waals surface area contributed by atoms with Gasteiger partial charge in [-0.2, -0.15) is 0 Å². The van der Waals surface area contributed by atoms with E-state index >= 15 is 0 Å². The number of fused-ring (bicyclic) bond motifs is 2. The van der Waals surface area contributed by atoms with E-state index in [1.807, 2.05) is 42.5 Å². The van der Waals surface area contributed by atoms with Crippen LogP contribution in [0, 0.1) is 0 Å². The number of thiophene rings is 1. The molecule has 3 heterocycles. The third kappa shape index (κ3) is 2.91. The monoisotopic (exact) mass is 378 g/mol. The Hall–Kier alpha value is -2.57. The van der Waals surface area contributed by atoms with Gasteiger partial charge < -0.3 is 9.47 Å². The van der Waals surface area contributed by atoms with E-state index in [0.29, 0.717) is 6.79 Å². The standard InChI is InChI=1S/C20H14N2O2S2/c1-2-5-15-14(4-1)21-19(18-6-3-9-25-18)20(22-15)26-11-13-7-8-16-17(10-13)24-12-23-16/h1-10H,11-12H2. The lowest BCUT2D eigenvalue weighted by Gasteiger charge is -2.09. The van der Waals surface area contributed by atoms with Gasteiger partial charge in [-0.1, -0.05) is 36.0 Å². The van der Waals surface area contributed by atoms with Crippen molar-refractivity contribution in [2.75, 3.05) is 6.79 Å². The second-order valence-electron chi connectivity index (χ2n) is 5.82. The van der Waals surface area contributed by atoms with Crippen molar-refractivity contribution in [3.8, 4) is 22.1 Å². The third-order valence-electron chi connectivity index (χ3n) is 4.11. The van der Waals surface area contributed by atoms with Crippen LogP contribution in [0.3, 0.4) is 0 Å². The van der Waals surface area contributed by atoms with Crippen LogP contribution in [0.1, 0.15) is 5.56 Å². The molecule has 128 valence electrons. The van der Waals surface area contributed by atoms with Gasteiger partial charge in [0.15, 0.2) is 11.5 Å². The predicted octanol–water partition coefficient (Wildman–Crippen LogP) is 5.38. The first-order chi connectivity index (χ1) is 12.9. The summed E-state index contributed by atoms with van der Waals surface area (Å²) >= 11 is 3.38. The molecule has 0 saturated heterocycles. The van der Waals surface area contributed by atoms with Crippen LogP contribution in [0.2, 0.25) is 0 Å². The summed E-state index contributed by atoms with van der Waals surface area (Å²) in [5.41, 5.74) is 3.96. The lowest BCUT2D eigenvalue weighted by atomic mass is 10.2. The van der Waals surface area contributed by atoms with E-state index in [1.54, 1.807) is 23.1 Å². The van der Waals surface area contributed by atoms with Crippen LogP contribution in [0.4, 0.5) is 0 Å². The average molecular weight is 378 g/mol. The molecule has 4 nitrogen and oxygen atoms in total. The van der Waals surface area contributed by atoms with Crippen molar-refractivity contribution in [2.24, 2.45) is 0 Å². The summed E-state index contributed by atoms with van der Waals surface area (Å²) in [6, 6.07) is 18.2. The van der Waals surface area contributed by atoms with Crippen molar-refractivity contribution in [3.05, 3.63) is 65.5 Å². The summed E-state index contributed by atoms with van der Waals surface area (Å²) in [4.78, 5) is 10.9. The summed E-state index contributed by atoms with van der Waals surface area (Å²) in [7, 11) is 0. The first-order valence-electron chi connectivity index (χ1n) is 8.19. The number of benzene rings is 2. The van der Waals surface area contributed by atoms with Crippen molar-refractivity contribution in [1.82, 2.24) is 9.97 Å². The van der Waals surface area contributed by atoms with Crippen LogP contribution < -0.4 is 9.47 Å². The number of nitrogens with zero attached hydrogens (tertiary/aromatic N) is 2. The lowest BCUT2D eigenvalue weighted by molar-refractivity contribution is 0.174. The van der Waals surface area contributed by atoms with E-state index in [0.717, 1.165) is 43.9 Å². The Balaban J connectivity index is 1.50. The Kier molecular flexibility index (Phi) is 3.99. The van der Waals surface area contributed by atoms with Crippen LogP contribution >= 0.6 is 23.1 Å². The molecule has 0 radical (unpaired) electrons. The molecule has 26 heavy (non-hydrogen) atoms. The maximum atomic E-state index is 5.47. The molecule has 5 rings (SSSR count). The number of ether oxygens (including phenoxy) is 2. The molecular formula is C20H14N2O2S2. The Bertz CT molecular complexity index is 1080. The highest BCUT2D eigenvalue weighted by Gasteiger charge is 2.15. The largest absolute Gasteiger partial charge is 0.454 e. The zero-order chi connectivity index (χ0) is 17.3. The molecule has 6 heteroatoms. The van der Waals surface area contributed by atoms with Crippen LogP contribution in [-0.4, -0.2) is 16.8 Å². The van der Waals surface area contributed by atoms with Gasteiger partial charge in [0.2, 0.25) is 6.79 Å². The fourth-order valence-electron chi connectivity index (χ4n) is 2.84. The van der Waals surface area contributed by atoms with Crippen molar-refractivity contribution >= 4 is 34.1 Å². The minimum atomic E-state index is 0.296. The Labute approximate surface area is 158 Å². The fraction of sp³-hybridized carbons (Fsp3) is 0.100. The van der Waals surface area contributed by atoms with E-state index in [1.165, 1.54) is 5.56 Å². The number of para-hydroxylation sites is 2. The lowest BCUT2D eigenvalue weighted by Crippen LogP contribution is -1.93. The molecule has 2 aromatic carbocycles. The number of thioether (sulfide) groups is 1. The quantitative estimate of drug-likeness (QED) is 0.446. The van der Waals surface area contributed by atoms with Gasteiger partial charge >= 0.3 is 0 Å². The van der Waals surface area contributed by atoms with Crippen molar-refractivity contribution in [1.29, 1.82) is 0 Å². The zero-order valence-corrected chi connectivity index (χ0v) is 15.3. The van der Waals surface area contributed by atoms with Gasteiger partial charge in [-0.05, 0) is 41.3 Å². The summed E-state index contributed by atoms with van der Waals surface area (Å²) in [5.74, 6) is 2.41. The summed E-state index contributed by atoms with van der Waals surface area (Å²) in [6.45, 7) is 0.296. The van der Waals surface area contributed by atoms with E-state index in [2.05, 4.69) is 17.5 Å². The highest BCUT2D eigenvalue weighted by atomic mass is 32.2. The second-order valence-corrected chi connectivity index (χ2v) is 7.73. The minimum absolute atomic E-state index is 0.296. The molecule has 0 amide bonds. The predicted molar refractivity (Wildman–Crippen MR) is 105 cm³/mol. The zero-order valence-electron chi connectivity index (χ0n) is 13.7. The third-order valence-corrected chi connectivity index (χ3v) is 6.02. The van der Waals surface area contributed by atoms with Gasteiger partial charge in [0.25, 0.3) is 0 Å². The van der Waals surface area contributed by atoms with E-state index < -0.39 is 0 Å². The molecule has 0 bridgehead atoms. The van der Waals surface area contributed by atoms with Crippen molar-refractivity contribution in [3.63, 3.8) is 0 Å². The topological polar surface area (TPSA) is 44.2 Å². The summed E-state index contributed by atoms with van der Waals surface area (Å²) < 4.78 is 10.9. The number of aromatic nitrogens is 2. The van der Waals surface area contributed by atoms with Gasteiger partial charge in [-0.15, -0.1) is 11.3 Å². The fourth-order valence-corrected chi connectivity index (χ4v) is 4.56. The van der Waals surface area contributed by atoms with Crippen LogP contribution in [-0.2, 0) is 5.75 Å². The Morgan fingerprint density at radius 1 is 0.923 bits per heavy atom. The van der Waals surface area contributed by atoms with Crippen LogP contribution in [0.5, 0.6) is 11.5 Å². The van der Waals surface area contributed by atoms with Gasteiger partial charge in [0.1, 0.15) is 10.7 Å². The molecule has 0 spiro atoms. The molecule has 0 saturated carbocycles. The number of hydrogen-bond donors (Lipinski definition) is 0. The van der Waals surface area contributed by atoms with E-state index in [4.69, 9.17) is 19.4 Å². The van der Waals surface area contributed by atoms with Crippen molar-refractivity contribution < 1.29 is 9.47 Å². The summed E-state index contributed by atoms with van der Waals surface area (Å²) in [6.07, 6.45) is 0. The summed E-state index contributed by atoms with van der Waals surface area (Å²) in [5, 5.41) is 3.02. The maximum absolute atomic E-state index is 5.47.